The topological polar surface area (TPSA) is 53.6 Å². The lowest BCUT2D eigenvalue weighted by Crippen LogP contribution is -2.49. The molecule has 0 unspecified atom stereocenters. The highest BCUT2D eigenvalue weighted by molar-refractivity contribution is 5.77. The first-order chi connectivity index (χ1) is 9.13. The third-order valence-electron chi connectivity index (χ3n) is 3.28. The largest absolute Gasteiger partial charge is 0.374 e. The quantitative estimate of drug-likeness (QED) is 0.630. The molecule has 0 aromatic heterocycles. The van der Waals surface area contributed by atoms with Gasteiger partial charge in [-0.2, -0.15) is 0 Å². The molecule has 5 nitrogen and oxygen atoms in total. The number of amides is 1. The van der Waals surface area contributed by atoms with Crippen molar-refractivity contribution in [1.82, 2.24) is 15.5 Å². The highest BCUT2D eigenvalue weighted by atomic mass is 16.5. The van der Waals surface area contributed by atoms with Gasteiger partial charge in [0.1, 0.15) is 0 Å². The van der Waals surface area contributed by atoms with Crippen molar-refractivity contribution in [2.24, 2.45) is 5.92 Å². The first-order valence-electron chi connectivity index (χ1n) is 7.45. The van der Waals surface area contributed by atoms with E-state index in [9.17, 15) is 4.79 Å². The highest BCUT2D eigenvalue weighted by Crippen LogP contribution is 2.04. The summed E-state index contributed by atoms with van der Waals surface area (Å²) in [6, 6.07) is 0. The summed E-state index contributed by atoms with van der Waals surface area (Å²) < 4.78 is 5.69. The van der Waals surface area contributed by atoms with E-state index in [1.165, 1.54) is 6.42 Å². The lowest BCUT2D eigenvalue weighted by Gasteiger charge is -2.33. The number of nitrogens with one attached hydrogen (secondary N) is 2. The van der Waals surface area contributed by atoms with E-state index in [1.54, 1.807) is 0 Å². The fourth-order valence-corrected chi connectivity index (χ4v) is 2.06. The summed E-state index contributed by atoms with van der Waals surface area (Å²) in [6.07, 6.45) is 1.30. The highest BCUT2D eigenvalue weighted by Gasteiger charge is 2.20. The number of hydrogen-bond acceptors (Lipinski definition) is 4. The Hall–Kier alpha value is -0.650. The van der Waals surface area contributed by atoms with Gasteiger partial charge in [-0.3, -0.25) is 9.69 Å². The van der Waals surface area contributed by atoms with E-state index in [0.29, 0.717) is 6.54 Å². The van der Waals surface area contributed by atoms with Gasteiger partial charge in [-0.05, 0) is 13.0 Å². The van der Waals surface area contributed by atoms with Crippen LogP contribution in [0.3, 0.4) is 0 Å². The molecular weight excluding hydrogens is 242 g/mol. The van der Waals surface area contributed by atoms with Crippen LogP contribution in [0.15, 0.2) is 0 Å². The molecule has 1 amide bonds. The van der Waals surface area contributed by atoms with Crippen molar-refractivity contribution in [2.75, 3.05) is 45.9 Å². The van der Waals surface area contributed by atoms with Crippen LogP contribution in [0.5, 0.6) is 0 Å². The minimum Gasteiger partial charge on any atom is -0.374 e. The predicted octanol–water partition coefficient (Wildman–Crippen LogP) is 0.459. The van der Waals surface area contributed by atoms with Gasteiger partial charge in [0, 0.05) is 38.6 Å². The monoisotopic (exact) mass is 271 g/mol. The maximum absolute atomic E-state index is 11.5. The van der Waals surface area contributed by atoms with Crippen molar-refractivity contribution >= 4 is 5.91 Å². The SMILES string of the molecule is CCCNCCN1CCO[C@@H](CNC(=O)C(C)C)C1. The van der Waals surface area contributed by atoms with Crippen LogP contribution in [0.4, 0.5) is 0 Å². The zero-order valence-corrected chi connectivity index (χ0v) is 12.6. The van der Waals surface area contributed by atoms with Gasteiger partial charge in [0.2, 0.25) is 5.91 Å². The second kappa shape index (κ2) is 9.28. The fraction of sp³-hybridized carbons (Fsp3) is 0.929. The molecule has 0 bridgehead atoms. The molecule has 1 rings (SSSR count). The molecule has 1 saturated heterocycles. The third kappa shape index (κ3) is 6.89. The Kier molecular flexibility index (Phi) is 8.02. The Bertz CT molecular complexity index is 259. The first kappa shape index (κ1) is 16.4. The molecule has 0 radical (unpaired) electrons. The van der Waals surface area contributed by atoms with Crippen molar-refractivity contribution in [3.8, 4) is 0 Å². The van der Waals surface area contributed by atoms with Crippen molar-refractivity contribution in [1.29, 1.82) is 0 Å². The number of ether oxygens (including phenoxy) is 1. The van der Waals surface area contributed by atoms with Gasteiger partial charge in [-0.1, -0.05) is 20.8 Å². The molecule has 1 fully saturated rings. The van der Waals surface area contributed by atoms with Gasteiger partial charge >= 0.3 is 0 Å². The van der Waals surface area contributed by atoms with Crippen LogP contribution in [-0.4, -0.2) is 62.8 Å². The summed E-state index contributed by atoms with van der Waals surface area (Å²) >= 11 is 0. The molecule has 0 aromatic rings. The average Bonchev–Trinajstić information content (AvgIpc) is 2.41. The second-order valence-electron chi connectivity index (χ2n) is 5.44. The van der Waals surface area contributed by atoms with Gasteiger partial charge in [0.25, 0.3) is 0 Å². The maximum atomic E-state index is 11.5. The summed E-state index contributed by atoms with van der Waals surface area (Å²) in [5.41, 5.74) is 0. The van der Waals surface area contributed by atoms with E-state index in [0.717, 1.165) is 39.3 Å². The van der Waals surface area contributed by atoms with E-state index >= 15 is 0 Å². The molecule has 1 aliphatic rings. The summed E-state index contributed by atoms with van der Waals surface area (Å²) in [7, 11) is 0. The van der Waals surface area contributed by atoms with Crippen LogP contribution in [-0.2, 0) is 9.53 Å². The zero-order valence-electron chi connectivity index (χ0n) is 12.6. The van der Waals surface area contributed by atoms with Crippen LogP contribution in [0.1, 0.15) is 27.2 Å². The first-order valence-corrected chi connectivity index (χ1v) is 7.45. The molecule has 0 saturated carbocycles. The summed E-state index contributed by atoms with van der Waals surface area (Å²) in [5, 5.41) is 6.35. The van der Waals surface area contributed by atoms with E-state index in [4.69, 9.17) is 4.74 Å². The summed E-state index contributed by atoms with van der Waals surface area (Å²) in [6.45, 7) is 12.4. The van der Waals surface area contributed by atoms with Crippen LogP contribution in [0.2, 0.25) is 0 Å². The fourth-order valence-electron chi connectivity index (χ4n) is 2.06. The van der Waals surface area contributed by atoms with Gasteiger partial charge in [0.15, 0.2) is 0 Å². The van der Waals surface area contributed by atoms with Gasteiger partial charge in [0.05, 0.1) is 12.7 Å². The number of rotatable bonds is 8. The lowest BCUT2D eigenvalue weighted by molar-refractivity contribution is -0.125. The van der Waals surface area contributed by atoms with Crippen LogP contribution < -0.4 is 10.6 Å². The van der Waals surface area contributed by atoms with Crippen LogP contribution >= 0.6 is 0 Å². The normalized spacial score (nSPS) is 20.7. The molecule has 2 N–H and O–H groups in total. The van der Waals surface area contributed by atoms with E-state index in [2.05, 4.69) is 22.5 Å². The molecule has 0 spiro atoms. The molecular formula is C14H29N3O2. The second-order valence-corrected chi connectivity index (χ2v) is 5.44. The molecule has 1 aliphatic heterocycles. The number of carbonyl (C=O) groups excluding carboxylic acids is 1. The summed E-state index contributed by atoms with van der Waals surface area (Å²) in [4.78, 5) is 13.9. The van der Waals surface area contributed by atoms with Crippen molar-refractivity contribution in [2.45, 2.75) is 33.3 Å². The minimum atomic E-state index is 0.0398. The molecule has 5 heteroatoms. The molecule has 1 atom stereocenters. The van der Waals surface area contributed by atoms with Crippen LogP contribution in [0, 0.1) is 5.92 Å². The Morgan fingerprint density at radius 3 is 2.89 bits per heavy atom. The molecule has 19 heavy (non-hydrogen) atoms. The Morgan fingerprint density at radius 2 is 2.21 bits per heavy atom. The Labute approximate surface area is 117 Å². The van der Waals surface area contributed by atoms with Crippen molar-refractivity contribution in [3.05, 3.63) is 0 Å². The number of carbonyl (C=O) groups is 1. The summed E-state index contributed by atoms with van der Waals surface area (Å²) in [5.74, 6) is 0.142. The van der Waals surface area contributed by atoms with Crippen molar-refractivity contribution < 1.29 is 9.53 Å². The van der Waals surface area contributed by atoms with E-state index < -0.39 is 0 Å². The number of hydrogen-bond donors (Lipinski definition) is 2. The number of morpholine rings is 1. The van der Waals surface area contributed by atoms with Gasteiger partial charge < -0.3 is 15.4 Å². The Morgan fingerprint density at radius 1 is 1.42 bits per heavy atom. The van der Waals surface area contributed by atoms with Crippen LogP contribution in [0.25, 0.3) is 0 Å². The number of nitrogens with zero attached hydrogens (tertiary/aromatic N) is 1. The van der Waals surface area contributed by atoms with Gasteiger partial charge in [-0.15, -0.1) is 0 Å². The average molecular weight is 271 g/mol. The molecule has 0 aliphatic carbocycles. The van der Waals surface area contributed by atoms with Crippen molar-refractivity contribution in [3.63, 3.8) is 0 Å². The predicted molar refractivity (Wildman–Crippen MR) is 77.2 cm³/mol. The minimum absolute atomic E-state index is 0.0398. The lowest BCUT2D eigenvalue weighted by atomic mass is 10.2. The van der Waals surface area contributed by atoms with Gasteiger partial charge in [-0.25, -0.2) is 0 Å². The molecule has 112 valence electrons. The Balaban J connectivity index is 2.17. The van der Waals surface area contributed by atoms with E-state index in [1.807, 2.05) is 13.8 Å². The van der Waals surface area contributed by atoms with E-state index in [-0.39, 0.29) is 17.9 Å². The molecule has 0 aromatic carbocycles. The third-order valence-corrected chi connectivity index (χ3v) is 3.28. The molecule has 1 heterocycles. The smallest absolute Gasteiger partial charge is 0.222 e. The maximum Gasteiger partial charge on any atom is 0.222 e. The zero-order chi connectivity index (χ0) is 14.1. The standard InChI is InChI=1S/C14H29N3O2/c1-4-5-15-6-7-17-8-9-19-13(11-17)10-16-14(18)12(2)3/h12-13,15H,4-11H2,1-3H3,(H,16,18)/t13-/m0/s1.